The fraction of sp³-hybridized carbons (Fsp3) is 0.429. The van der Waals surface area contributed by atoms with Crippen molar-refractivity contribution in [3.63, 3.8) is 0 Å². The maximum Gasteiger partial charge on any atom is 0.149 e. The van der Waals surface area contributed by atoms with E-state index in [0.717, 1.165) is 24.6 Å². The van der Waals surface area contributed by atoms with E-state index in [1.54, 1.807) is 6.07 Å². The predicted octanol–water partition coefficient (Wildman–Crippen LogP) is 2.50. The smallest absolute Gasteiger partial charge is 0.149 e. The zero-order chi connectivity index (χ0) is 12.8. The summed E-state index contributed by atoms with van der Waals surface area (Å²) in [5.41, 5.74) is 0.365. The lowest BCUT2D eigenvalue weighted by Gasteiger charge is -2.21. The summed E-state index contributed by atoms with van der Waals surface area (Å²) in [5.74, 6) is 0.387. The van der Waals surface area contributed by atoms with Gasteiger partial charge in [-0.25, -0.2) is 14.4 Å². The van der Waals surface area contributed by atoms with E-state index in [1.807, 2.05) is 6.07 Å². The summed E-state index contributed by atoms with van der Waals surface area (Å²) in [7, 11) is 0. The van der Waals surface area contributed by atoms with Crippen molar-refractivity contribution in [3.8, 4) is 0 Å². The minimum Gasteiger partial charge on any atom is -0.373 e. The molecular weight excluding hydrogens is 245 g/mol. The summed E-state index contributed by atoms with van der Waals surface area (Å²) in [6, 6.07) is 5.22. The largest absolute Gasteiger partial charge is 0.373 e. The van der Waals surface area contributed by atoms with Crippen LogP contribution in [0.2, 0.25) is 0 Å². The first-order valence-corrected chi connectivity index (χ1v) is 6.62. The van der Waals surface area contributed by atoms with E-state index in [0.29, 0.717) is 17.4 Å². The third-order valence-corrected chi connectivity index (χ3v) is 4.04. The Morgan fingerprint density at radius 2 is 2.21 bits per heavy atom. The summed E-state index contributed by atoms with van der Waals surface area (Å²) >= 11 is 0. The molecule has 2 aromatic rings. The summed E-state index contributed by atoms with van der Waals surface area (Å²) in [5, 5.41) is 4.13. The molecule has 3 atom stereocenters. The van der Waals surface area contributed by atoms with E-state index >= 15 is 0 Å². The van der Waals surface area contributed by atoms with Crippen LogP contribution < -0.4 is 5.32 Å². The number of para-hydroxylation sites is 1. The van der Waals surface area contributed by atoms with Gasteiger partial charge in [0, 0.05) is 5.39 Å². The van der Waals surface area contributed by atoms with Crippen molar-refractivity contribution in [3.05, 3.63) is 30.3 Å². The van der Waals surface area contributed by atoms with Crippen LogP contribution in [0.25, 0.3) is 10.9 Å². The molecule has 2 aliphatic rings. The summed E-state index contributed by atoms with van der Waals surface area (Å²) in [6.45, 7) is 0. The molecule has 19 heavy (non-hydrogen) atoms. The van der Waals surface area contributed by atoms with Gasteiger partial charge < -0.3 is 10.1 Å². The van der Waals surface area contributed by atoms with Gasteiger partial charge in [-0.05, 0) is 31.4 Å². The van der Waals surface area contributed by atoms with Crippen molar-refractivity contribution in [2.45, 2.75) is 37.5 Å². The topological polar surface area (TPSA) is 47.0 Å². The molecule has 2 unspecified atom stereocenters. The maximum absolute atomic E-state index is 13.7. The van der Waals surface area contributed by atoms with Crippen LogP contribution in [0.1, 0.15) is 19.3 Å². The number of rotatable bonds is 2. The van der Waals surface area contributed by atoms with Crippen LogP contribution in [0, 0.1) is 5.82 Å². The average molecular weight is 259 g/mol. The molecule has 2 aliphatic heterocycles. The molecule has 0 spiro atoms. The van der Waals surface area contributed by atoms with Crippen molar-refractivity contribution >= 4 is 16.7 Å². The number of anilines is 1. The Labute approximate surface area is 110 Å². The molecule has 0 radical (unpaired) electrons. The quantitative estimate of drug-likeness (QED) is 0.900. The van der Waals surface area contributed by atoms with Gasteiger partial charge in [0.05, 0.1) is 18.2 Å². The summed E-state index contributed by atoms with van der Waals surface area (Å²) in [6.07, 6.45) is 5.31. The first-order valence-electron chi connectivity index (χ1n) is 6.62. The molecule has 1 N–H and O–H groups in total. The fourth-order valence-electron chi connectivity index (χ4n) is 3.13. The highest BCUT2D eigenvalue weighted by Gasteiger charge is 2.40. The standard InChI is InChI=1S/C14H14FN3O/c15-10-3-1-2-9-13(10)16-7-17-14(9)18-11-6-8-4-5-12(11)19-8/h1-3,7-8,11-12H,4-6H2,(H,16,17,18)/t8?,11-,12?/m0/s1. The second-order valence-corrected chi connectivity index (χ2v) is 5.22. The fourth-order valence-corrected chi connectivity index (χ4v) is 3.13. The molecule has 0 aliphatic carbocycles. The highest BCUT2D eigenvalue weighted by molar-refractivity contribution is 5.89. The van der Waals surface area contributed by atoms with Gasteiger partial charge >= 0.3 is 0 Å². The lowest BCUT2D eigenvalue weighted by molar-refractivity contribution is 0.102. The van der Waals surface area contributed by atoms with Crippen LogP contribution in [0.3, 0.4) is 0 Å². The Kier molecular flexibility index (Phi) is 2.41. The van der Waals surface area contributed by atoms with Crippen LogP contribution in [0.5, 0.6) is 0 Å². The molecule has 98 valence electrons. The van der Waals surface area contributed by atoms with Crippen LogP contribution in [0.15, 0.2) is 24.5 Å². The number of hydrogen-bond donors (Lipinski definition) is 1. The Hall–Kier alpha value is -1.75. The first kappa shape index (κ1) is 11.1. The Balaban J connectivity index is 1.70. The number of fused-ring (bicyclic) bond motifs is 3. The van der Waals surface area contributed by atoms with Crippen molar-refractivity contribution in [2.24, 2.45) is 0 Å². The van der Waals surface area contributed by atoms with Gasteiger partial charge in [0.25, 0.3) is 0 Å². The molecule has 1 aromatic carbocycles. The predicted molar refractivity (Wildman–Crippen MR) is 69.4 cm³/mol. The van der Waals surface area contributed by atoms with Crippen molar-refractivity contribution < 1.29 is 9.13 Å². The third-order valence-electron chi connectivity index (χ3n) is 4.04. The van der Waals surface area contributed by atoms with E-state index in [1.165, 1.54) is 12.4 Å². The lowest BCUT2D eigenvalue weighted by atomic mass is 9.95. The number of halogens is 1. The van der Waals surface area contributed by atoms with Gasteiger partial charge in [-0.1, -0.05) is 6.07 Å². The van der Waals surface area contributed by atoms with Crippen LogP contribution in [-0.2, 0) is 4.74 Å². The van der Waals surface area contributed by atoms with E-state index in [2.05, 4.69) is 15.3 Å². The highest BCUT2D eigenvalue weighted by Crippen LogP contribution is 2.36. The highest BCUT2D eigenvalue weighted by atomic mass is 19.1. The van der Waals surface area contributed by atoms with Crippen molar-refractivity contribution in [1.29, 1.82) is 0 Å². The first-order chi connectivity index (χ1) is 9.31. The molecule has 1 aromatic heterocycles. The SMILES string of the molecule is Fc1cccc2c(N[C@H]3CC4CCC3O4)ncnc12. The molecule has 4 nitrogen and oxygen atoms in total. The van der Waals surface area contributed by atoms with Gasteiger partial charge in [-0.15, -0.1) is 0 Å². The molecule has 5 heteroatoms. The number of nitrogens with one attached hydrogen (secondary N) is 1. The molecule has 2 fully saturated rings. The zero-order valence-electron chi connectivity index (χ0n) is 10.3. The lowest BCUT2D eigenvalue weighted by Crippen LogP contribution is -2.30. The van der Waals surface area contributed by atoms with Gasteiger partial charge in [-0.2, -0.15) is 0 Å². The zero-order valence-corrected chi connectivity index (χ0v) is 10.3. The number of hydrogen-bond acceptors (Lipinski definition) is 4. The van der Waals surface area contributed by atoms with Gasteiger partial charge in [-0.3, -0.25) is 0 Å². The number of aromatic nitrogens is 2. The summed E-state index contributed by atoms with van der Waals surface area (Å²) in [4.78, 5) is 8.26. The number of nitrogens with zero attached hydrogens (tertiary/aromatic N) is 2. The molecular formula is C14H14FN3O. The monoisotopic (exact) mass is 259 g/mol. The molecule has 3 heterocycles. The average Bonchev–Trinajstić information content (AvgIpc) is 3.02. The van der Waals surface area contributed by atoms with E-state index in [-0.39, 0.29) is 18.0 Å². The second-order valence-electron chi connectivity index (χ2n) is 5.22. The minimum absolute atomic E-state index is 0.267. The van der Waals surface area contributed by atoms with E-state index < -0.39 is 0 Å². The Bertz CT molecular complexity index is 633. The number of ether oxygens (including phenoxy) is 1. The Morgan fingerprint density at radius 1 is 1.26 bits per heavy atom. The van der Waals surface area contributed by atoms with Crippen LogP contribution >= 0.6 is 0 Å². The second kappa shape index (κ2) is 4.13. The molecule has 4 rings (SSSR count). The number of benzene rings is 1. The van der Waals surface area contributed by atoms with Crippen molar-refractivity contribution in [1.82, 2.24) is 9.97 Å². The van der Waals surface area contributed by atoms with Crippen molar-refractivity contribution in [2.75, 3.05) is 5.32 Å². The van der Waals surface area contributed by atoms with Crippen LogP contribution in [0.4, 0.5) is 10.2 Å². The molecule has 0 saturated carbocycles. The van der Waals surface area contributed by atoms with Gasteiger partial charge in [0.15, 0.2) is 0 Å². The Morgan fingerprint density at radius 3 is 3.00 bits per heavy atom. The normalized spacial score (nSPS) is 29.0. The maximum atomic E-state index is 13.7. The van der Waals surface area contributed by atoms with E-state index in [9.17, 15) is 4.39 Å². The molecule has 2 bridgehead atoms. The summed E-state index contributed by atoms with van der Waals surface area (Å²) < 4.78 is 19.5. The third kappa shape index (κ3) is 1.76. The van der Waals surface area contributed by atoms with Crippen LogP contribution in [-0.4, -0.2) is 28.2 Å². The molecule has 2 saturated heterocycles. The van der Waals surface area contributed by atoms with Gasteiger partial charge in [0.1, 0.15) is 23.5 Å². The molecule has 0 amide bonds. The van der Waals surface area contributed by atoms with E-state index in [4.69, 9.17) is 4.74 Å². The van der Waals surface area contributed by atoms with Gasteiger partial charge in [0.2, 0.25) is 0 Å². The minimum atomic E-state index is -0.313.